The lowest BCUT2D eigenvalue weighted by Crippen LogP contribution is -2.39. The summed E-state index contributed by atoms with van der Waals surface area (Å²) in [5.41, 5.74) is 1.19. The van der Waals surface area contributed by atoms with Gasteiger partial charge in [0.05, 0.1) is 19.3 Å². The summed E-state index contributed by atoms with van der Waals surface area (Å²) in [7, 11) is 0. The SMILES string of the molecule is O=c1cccc2n1C1CCC2CN(c2nc(Cl)nc(NCCN3CCOCC3)n2)C1. The van der Waals surface area contributed by atoms with Gasteiger partial charge in [-0.15, -0.1) is 0 Å². The third-order valence-corrected chi connectivity index (χ3v) is 6.39. The van der Waals surface area contributed by atoms with Crippen molar-refractivity contribution in [3.63, 3.8) is 0 Å². The van der Waals surface area contributed by atoms with Crippen molar-refractivity contribution in [1.82, 2.24) is 24.4 Å². The number of hydrogen-bond acceptors (Lipinski definition) is 8. The van der Waals surface area contributed by atoms with Crippen LogP contribution in [0.15, 0.2) is 23.0 Å². The molecule has 0 amide bonds. The molecule has 10 heteroatoms. The van der Waals surface area contributed by atoms with Crippen LogP contribution in [0.2, 0.25) is 5.28 Å². The molecule has 0 spiro atoms. The predicted octanol–water partition coefficient (Wildman–Crippen LogP) is 1.37. The average Bonchev–Trinajstić information content (AvgIpc) is 3.06. The lowest BCUT2D eigenvalue weighted by molar-refractivity contribution is 0.0398. The number of aromatic nitrogens is 4. The Morgan fingerprint density at radius 2 is 2.00 bits per heavy atom. The maximum absolute atomic E-state index is 12.5. The Morgan fingerprint density at radius 3 is 2.87 bits per heavy atom. The number of nitrogens with zero attached hydrogens (tertiary/aromatic N) is 6. The Labute approximate surface area is 180 Å². The molecule has 2 bridgehead atoms. The minimum Gasteiger partial charge on any atom is -0.379 e. The standard InChI is InChI=1S/C20H26ClN7O2/c21-18-23-19(22-6-7-26-8-10-30-11-9-26)25-20(24-18)27-12-14-4-5-15(13-27)28-16(14)2-1-3-17(28)29/h1-3,14-15H,4-13H2,(H,22,23,24,25). The van der Waals surface area contributed by atoms with Gasteiger partial charge in [0.2, 0.25) is 17.2 Å². The zero-order valence-electron chi connectivity index (χ0n) is 16.8. The molecule has 6 heterocycles. The van der Waals surface area contributed by atoms with Crippen molar-refractivity contribution in [1.29, 1.82) is 0 Å². The average molecular weight is 432 g/mol. The molecule has 0 aromatic carbocycles. The molecule has 2 aromatic rings. The molecule has 9 nitrogen and oxygen atoms in total. The smallest absolute Gasteiger partial charge is 0.251 e. The largest absolute Gasteiger partial charge is 0.379 e. The van der Waals surface area contributed by atoms with E-state index >= 15 is 0 Å². The molecule has 2 fully saturated rings. The Hall–Kier alpha value is -2.23. The molecular formula is C20H26ClN7O2. The summed E-state index contributed by atoms with van der Waals surface area (Å²) in [5, 5.41) is 3.46. The number of morpholine rings is 1. The maximum Gasteiger partial charge on any atom is 0.251 e. The molecule has 1 N–H and O–H groups in total. The molecule has 4 aliphatic rings. The number of anilines is 2. The van der Waals surface area contributed by atoms with Gasteiger partial charge in [-0.2, -0.15) is 15.0 Å². The first kappa shape index (κ1) is 19.7. The monoisotopic (exact) mass is 431 g/mol. The fraction of sp³-hybridized carbons (Fsp3) is 0.600. The topological polar surface area (TPSA) is 88.4 Å². The summed E-state index contributed by atoms with van der Waals surface area (Å²) < 4.78 is 7.34. The number of rotatable bonds is 5. The quantitative estimate of drug-likeness (QED) is 0.759. The van der Waals surface area contributed by atoms with Crippen molar-refractivity contribution >= 4 is 23.5 Å². The van der Waals surface area contributed by atoms with Gasteiger partial charge in [-0.3, -0.25) is 9.69 Å². The van der Waals surface area contributed by atoms with Crippen molar-refractivity contribution in [2.24, 2.45) is 0 Å². The Bertz CT molecular complexity index is 962. The summed E-state index contributed by atoms with van der Waals surface area (Å²) in [4.78, 5) is 30.2. The number of halogens is 1. The highest BCUT2D eigenvalue weighted by atomic mass is 35.5. The van der Waals surface area contributed by atoms with E-state index in [1.54, 1.807) is 6.07 Å². The second kappa shape index (κ2) is 8.49. The lowest BCUT2D eigenvalue weighted by Gasteiger charge is -2.27. The van der Waals surface area contributed by atoms with Crippen molar-refractivity contribution in [2.45, 2.75) is 24.8 Å². The summed E-state index contributed by atoms with van der Waals surface area (Å²) in [5.74, 6) is 1.34. The Morgan fingerprint density at radius 1 is 1.13 bits per heavy atom. The van der Waals surface area contributed by atoms with E-state index in [2.05, 4.69) is 36.1 Å². The molecule has 0 saturated carbocycles. The van der Waals surface area contributed by atoms with E-state index in [0.29, 0.717) is 18.4 Å². The molecular weight excluding hydrogens is 406 g/mol. The molecule has 160 valence electrons. The number of nitrogens with one attached hydrogen (secondary N) is 1. The first-order valence-corrected chi connectivity index (χ1v) is 11.0. The molecule has 4 aliphatic heterocycles. The number of fused-ring (bicyclic) bond motifs is 3. The third kappa shape index (κ3) is 4.01. The molecule has 6 rings (SSSR count). The molecule has 2 aromatic heterocycles. The van der Waals surface area contributed by atoms with Crippen LogP contribution in [0.3, 0.4) is 0 Å². The van der Waals surface area contributed by atoms with Crippen LogP contribution in [0.4, 0.5) is 11.9 Å². The van der Waals surface area contributed by atoms with E-state index < -0.39 is 0 Å². The van der Waals surface area contributed by atoms with E-state index in [0.717, 1.165) is 64.5 Å². The van der Waals surface area contributed by atoms with Gasteiger partial charge in [-0.05, 0) is 30.5 Å². The fourth-order valence-electron chi connectivity index (χ4n) is 4.74. The zero-order chi connectivity index (χ0) is 20.5. The van der Waals surface area contributed by atoms with Crippen molar-refractivity contribution < 1.29 is 4.74 Å². The molecule has 0 radical (unpaired) electrons. The van der Waals surface area contributed by atoms with Crippen LogP contribution in [0.1, 0.15) is 30.5 Å². The van der Waals surface area contributed by atoms with E-state index in [9.17, 15) is 4.79 Å². The van der Waals surface area contributed by atoms with Crippen molar-refractivity contribution in [2.75, 3.05) is 62.7 Å². The highest BCUT2D eigenvalue weighted by Crippen LogP contribution is 2.37. The first-order chi connectivity index (χ1) is 14.7. The summed E-state index contributed by atoms with van der Waals surface area (Å²) >= 11 is 6.23. The minimum atomic E-state index is 0.0724. The molecule has 0 aliphatic carbocycles. The van der Waals surface area contributed by atoms with Crippen LogP contribution < -0.4 is 15.8 Å². The molecule has 2 saturated heterocycles. The van der Waals surface area contributed by atoms with Crippen LogP contribution in [0.25, 0.3) is 0 Å². The van der Waals surface area contributed by atoms with Crippen molar-refractivity contribution in [3.8, 4) is 0 Å². The lowest BCUT2D eigenvalue weighted by atomic mass is 9.93. The third-order valence-electron chi connectivity index (χ3n) is 6.22. The Kier molecular flexibility index (Phi) is 5.58. The van der Waals surface area contributed by atoms with Crippen LogP contribution >= 0.6 is 11.6 Å². The first-order valence-electron chi connectivity index (χ1n) is 10.6. The van der Waals surface area contributed by atoms with Crippen LogP contribution in [-0.4, -0.2) is 76.9 Å². The van der Waals surface area contributed by atoms with E-state index in [1.165, 1.54) is 0 Å². The molecule has 2 atom stereocenters. The van der Waals surface area contributed by atoms with Crippen LogP contribution in [-0.2, 0) is 4.74 Å². The van der Waals surface area contributed by atoms with E-state index in [4.69, 9.17) is 16.3 Å². The van der Waals surface area contributed by atoms with Gasteiger partial charge in [0.25, 0.3) is 5.56 Å². The van der Waals surface area contributed by atoms with Gasteiger partial charge in [-0.25, -0.2) is 0 Å². The number of hydrogen-bond donors (Lipinski definition) is 1. The highest BCUT2D eigenvalue weighted by Gasteiger charge is 2.35. The number of pyridine rings is 1. The zero-order valence-corrected chi connectivity index (χ0v) is 17.6. The van der Waals surface area contributed by atoms with Crippen LogP contribution in [0.5, 0.6) is 0 Å². The summed E-state index contributed by atoms with van der Waals surface area (Å²) in [6.07, 6.45) is 2.05. The summed E-state index contributed by atoms with van der Waals surface area (Å²) in [6.45, 7) is 6.55. The van der Waals surface area contributed by atoms with Gasteiger partial charge in [0.15, 0.2) is 0 Å². The van der Waals surface area contributed by atoms with Gasteiger partial charge in [0, 0.05) is 56.9 Å². The second-order valence-corrected chi connectivity index (χ2v) is 8.44. The molecule has 30 heavy (non-hydrogen) atoms. The van der Waals surface area contributed by atoms with Crippen LogP contribution in [0, 0.1) is 0 Å². The second-order valence-electron chi connectivity index (χ2n) is 8.10. The Balaban J connectivity index is 1.31. The highest BCUT2D eigenvalue weighted by molar-refractivity contribution is 6.28. The predicted molar refractivity (Wildman–Crippen MR) is 115 cm³/mol. The number of ether oxygens (including phenoxy) is 1. The summed E-state index contributed by atoms with van der Waals surface area (Å²) in [6, 6.07) is 5.70. The van der Waals surface area contributed by atoms with Crippen molar-refractivity contribution in [3.05, 3.63) is 39.5 Å². The minimum absolute atomic E-state index is 0.0724. The molecule has 2 unspecified atom stereocenters. The maximum atomic E-state index is 12.5. The van der Waals surface area contributed by atoms with Gasteiger partial charge >= 0.3 is 0 Å². The fourth-order valence-corrected chi connectivity index (χ4v) is 4.89. The van der Waals surface area contributed by atoms with E-state index in [-0.39, 0.29) is 22.8 Å². The van der Waals surface area contributed by atoms with Gasteiger partial charge < -0.3 is 19.5 Å². The van der Waals surface area contributed by atoms with Gasteiger partial charge in [-0.1, -0.05) is 6.07 Å². The normalized spacial score (nSPS) is 23.8. The van der Waals surface area contributed by atoms with E-state index in [1.807, 2.05) is 10.6 Å². The van der Waals surface area contributed by atoms with Gasteiger partial charge in [0.1, 0.15) is 0 Å².